The minimum Gasteiger partial charge on any atom is -0.491 e. The van der Waals surface area contributed by atoms with Gasteiger partial charge in [0, 0.05) is 11.6 Å². The molecule has 0 aliphatic heterocycles. The molecule has 8 nitrogen and oxygen atoms in total. The molecular weight excluding hydrogens is 432 g/mol. The molecule has 0 fully saturated rings. The Bertz CT molecular complexity index is 929. The van der Waals surface area contributed by atoms with E-state index in [9.17, 15) is 9.59 Å². The summed E-state index contributed by atoms with van der Waals surface area (Å²) >= 11 is 3.88. The number of hydrogen-bond acceptors (Lipinski definition) is 8. The van der Waals surface area contributed by atoms with Crippen LogP contribution in [-0.4, -0.2) is 42.7 Å². The van der Waals surface area contributed by atoms with Crippen LogP contribution in [0.2, 0.25) is 0 Å². The van der Waals surface area contributed by atoms with E-state index in [0.717, 1.165) is 0 Å². The van der Waals surface area contributed by atoms with Gasteiger partial charge < -0.3 is 19.3 Å². The molecule has 0 unspecified atom stereocenters. The maximum absolute atomic E-state index is 12.6. The van der Waals surface area contributed by atoms with Crippen LogP contribution in [0.4, 0.5) is 10.5 Å². The van der Waals surface area contributed by atoms with Gasteiger partial charge in [0.05, 0.1) is 30.6 Å². The average Bonchev–Trinajstić information content (AvgIpc) is 2.81. The minimum absolute atomic E-state index is 0.00839. The zero-order valence-corrected chi connectivity index (χ0v) is 18.6. The molecule has 2 rings (SSSR count). The van der Waals surface area contributed by atoms with E-state index in [1.54, 1.807) is 42.5 Å². The fraction of sp³-hybridized carbons (Fsp3) is 0.348. The van der Waals surface area contributed by atoms with Crippen molar-refractivity contribution in [2.45, 2.75) is 19.4 Å². The zero-order valence-electron chi connectivity index (χ0n) is 17.7. The number of benzene rings is 2. The highest BCUT2D eigenvalue weighted by atomic mass is 32.1. The first kappa shape index (κ1) is 25.0. The molecule has 0 bridgehead atoms. The number of nitriles is 1. The topological polar surface area (TPSA) is 118 Å². The summed E-state index contributed by atoms with van der Waals surface area (Å²) in [7, 11) is 0. The summed E-state index contributed by atoms with van der Waals surface area (Å²) in [6.07, 6.45) is -0.864. The summed E-state index contributed by atoms with van der Waals surface area (Å²) in [4.78, 5) is 23.9. The Labute approximate surface area is 192 Å². The van der Waals surface area contributed by atoms with Crippen LogP contribution in [0.5, 0.6) is 5.75 Å². The SMILES string of the molecule is C[C@H](CCOC(=O)CS)[C@H](OC(=O)Nc1ccc(C#N)cc1)c1cccc(OCCO)c1. The second-order valence-electron chi connectivity index (χ2n) is 6.93. The molecule has 2 aromatic rings. The van der Waals surface area contributed by atoms with E-state index in [2.05, 4.69) is 17.9 Å². The van der Waals surface area contributed by atoms with Gasteiger partial charge >= 0.3 is 12.1 Å². The molecule has 0 spiro atoms. The Balaban J connectivity index is 2.14. The zero-order chi connectivity index (χ0) is 23.3. The summed E-state index contributed by atoms with van der Waals surface area (Å²) in [5.41, 5.74) is 1.66. The van der Waals surface area contributed by atoms with E-state index in [0.29, 0.717) is 29.0 Å². The van der Waals surface area contributed by atoms with Gasteiger partial charge in [-0.3, -0.25) is 10.1 Å². The van der Waals surface area contributed by atoms with Crippen molar-refractivity contribution in [2.24, 2.45) is 5.92 Å². The van der Waals surface area contributed by atoms with E-state index in [-0.39, 0.29) is 31.5 Å². The number of esters is 1. The molecule has 0 saturated carbocycles. The predicted molar refractivity (Wildman–Crippen MR) is 122 cm³/mol. The number of ether oxygens (including phenoxy) is 3. The average molecular weight is 459 g/mol. The van der Waals surface area contributed by atoms with Gasteiger partial charge in [-0.1, -0.05) is 19.1 Å². The van der Waals surface area contributed by atoms with Gasteiger partial charge in [-0.2, -0.15) is 17.9 Å². The number of nitrogens with zero attached hydrogens (tertiary/aromatic N) is 1. The Morgan fingerprint density at radius 3 is 2.59 bits per heavy atom. The van der Waals surface area contributed by atoms with Crippen LogP contribution < -0.4 is 10.1 Å². The molecule has 0 saturated heterocycles. The van der Waals surface area contributed by atoms with Crippen molar-refractivity contribution in [1.29, 1.82) is 5.26 Å². The van der Waals surface area contributed by atoms with Crippen LogP contribution in [-0.2, 0) is 14.3 Å². The molecule has 0 radical (unpaired) electrons. The van der Waals surface area contributed by atoms with Crippen molar-refractivity contribution < 1.29 is 28.9 Å². The van der Waals surface area contributed by atoms with E-state index in [1.807, 2.05) is 19.1 Å². The molecule has 0 aliphatic carbocycles. The molecule has 9 heteroatoms. The number of amides is 1. The monoisotopic (exact) mass is 458 g/mol. The number of nitrogens with one attached hydrogen (secondary N) is 1. The first-order valence-corrected chi connectivity index (χ1v) is 10.7. The smallest absolute Gasteiger partial charge is 0.412 e. The number of carbonyl (C=O) groups excluding carboxylic acids is 2. The first-order chi connectivity index (χ1) is 15.5. The van der Waals surface area contributed by atoms with Gasteiger partial charge in [-0.15, -0.1) is 0 Å². The standard InChI is InChI=1S/C23H26N2O6S/c1-16(9-11-30-21(27)15-32)22(18-3-2-4-20(13-18)29-12-10-26)31-23(28)25-19-7-5-17(14-24)6-8-19/h2-8,13,16,22,26,32H,9-12,15H2,1H3,(H,25,28)/t16-,22+/m1/s1. The number of rotatable bonds is 11. The molecule has 0 heterocycles. The van der Waals surface area contributed by atoms with Crippen LogP contribution in [0.15, 0.2) is 48.5 Å². The molecule has 0 aromatic heterocycles. The lowest BCUT2D eigenvalue weighted by molar-refractivity contribution is -0.141. The maximum Gasteiger partial charge on any atom is 0.412 e. The Hall–Kier alpha value is -3.22. The molecule has 2 N–H and O–H groups in total. The van der Waals surface area contributed by atoms with Gasteiger partial charge in [0.15, 0.2) is 0 Å². The number of aliphatic hydroxyl groups excluding tert-OH is 1. The van der Waals surface area contributed by atoms with Gasteiger partial charge in [-0.05, 0) is 48.4 Å². The fourth-order valence-electron chi connectivity index (χ4n) is 2.90. The van der Waals surface area contributed by atoms with E-state index in [1.165, 1.54) is 0 Å². The Morgan fingerprint density at radius 1 is 1.19 bits per heavy atom. The fourth-order valence-corrected chi connectivity index (χ4v) is 3.00. The van der Waals surface area contributed by atoms with Gasteiger partial charge in [0.1, 0.15) is 18.5 Å². The number of anilines is 1. The third-order valence-electron chi connectivity index (χ3n) is 4.52. The van der Waals surface area contributed by atoms with Crippen molar-refractivity contribution in [3.63, 3.8) is 0 Å². The number of thiol groups is 1. The summed E-state index contributed by atoms with van der Waals surface area (Å²) in [5.74, 6) is -0.0872. The largest absolute Gasteiger partial charge is 0.491 e. The second-order valence-corrected chi connectivity index (χ2v) is 7.25. The highest BCUT2D eigenvalue weighted by Crippen LogP contribution is 2.31. The minimum atomic E-state index is -0.666. The van der Waals surface area contributed by atoms with Crippen LogP contribution in [0.1, 0.15) is 30.6 Å². The molecular formula is C23H26N2O6S. The van der Waals surface area contributed by atoms with Crippen molar-refractivity contribution in [3.8, 4) is 11.8 Å². The van der Waals surface area contributed by atoms with Gasteiger partial charge in [-0.25, -0.2) is 4.79 Å². The highest BCUT2D eigenvalue weighted by molar-refractivity contribution is 7.81. The predicted octanol–water partition coefficient (Wildman–Crippen LogP) is 3.72. The summed E-state index contributed by atoms with van der Waals surface area (Å²) in [6.45, 7) is 2.07. The second kappa shape index (κ2) is 13.2. The number of aliphatic hydroxyl groups is 1. The number of hydrogen-bond donors (Lipinski definition) is 3. The van der Waals surface area contributed by atoms with Crippen LogP contribution in [0, 0.1) is 17.2 Å². The quantitative estimate of drug-likeness (QED) is 0.347. The first-order valence-electron chi connectivity index (χ1n) is 10.0. The van der Waals surface area contributed by atoms with E-state index < -0.39 is 18.2 Å². The van der Waals surface area contributed by atoms with Crippen molar-refractivity contribution in [3.05, 3.63) is 59.7 Å². The summed E-state index contributed by atoms with van der Waals surface area (Å²) in [5, 5.41) is 20.5. The molecule has 170 valence electrons. The lowest BCUT2D eigenvalue weighted by Crippen LogP contribution is -2.23. The maximum atomic E-state index is 12.6. The Morgan fingerprint density at radius 2 is 1.94 bits per heavy atom. The highest BCUT2D eigenvalue weighted by Gasteiger charge is 2.25. The molecule has 2 atom stereocenters. The number of carbonyl (C=O) groups is 2. The third kappa shape index (κ3) is 8.13. The van der Waals surface area contributed by atoms with Crippen molar-refractivity contribution in [2.75, 3.05) is 30.9 Å². The van der Waals surface area contributed by atoms with Gasteiger partial charge in [0.25, 0.3) is 0 Å². The lowest BCUT2D eigenvalue weighted by atomic mass is 9.94. The normalized spacial score (nSPS) is 12.2. The van der Waals surface area contributed by atoms with E-state index in [4.69, 9.17) is 24.6 Å². The van der Waals surface area contributed by atoms with Gasteiger partial charge in [0.2, 0.25) is 0 Å². The molecule has 32 heavy (non-hydrogen) atoms. The van der Waals surface area contributed by atoms with Crippen LogP contribution >= 0.6 is 12.6 Å². The molecule has 0 aliphatic rings. The van der Waals surface area contributed by atoms with Crippen LogP contribution in [0.3, 0.4) is 0 Å². The molecule has 1 amide bonds. The molecule has 2 aromatic carbocycles. The summed E-state index contributed by atoms with van der Waals surface area (Å²) < 4.78 is 16.3. The van der Waals surface area contributed by atoms with Crippen molar-refractivity contribution >= 4 is 30.4 Å². The van der Waals surface area contributed by atoms with Crippen molar-refractivity contribution in [1.82, 2.24) is 0 Å². The van der Waals surface area contributed by atoms with E-state index >= 15 is 0 Å². The summed E-state index contributed by atoms with van der Waals surface area (Å²) in [6, 6.07) is 15.5. The lowest BCUT2D eigenvalue weighted by Gasteiger charge is -2.25. The Kier molecular flexibility index (Phi) is 10.4. The third-order valence-corrected chi connectivity index (χ3v) is 4.78. The van der Waals surface area contributed by atoms with Crippen LogP contribution in [0.25, 0.3) is 0 Å².